The molecule has 0 atom stereocenters. The standard InChI is InChI=1S/C16H22N4O2/c1-11-18-13-6-3-2-5-12(13)16(19-11)17-9-4-10-20-14(21)7-8-15(20)22/h2-10H2,1H3,(H,17,18,19). The minimum atomic E-state index is -0.0414. The molecule has 0 unspecified atom stereocenters. The number of imide groups is 1. The van der Waals surface area contributed by atoms with Gasteiger partial charge in [-0.05, 0) is 39.0 Å². The van der Waals surface area contributed by atoms with Gasteiger partial charge in [0.1, 0.15) is 11.6 Å². The average Bonchev–Trinajstić information content (AvgIpc) is 2.82. The van der Waals surface area contributed by atoms with Crippen LogP contribution in [0.3, 0.4) is 0 Å². The molecule has 1 aliphatic carbocycles. The third kappa shape index (κ3) is 3.10. The molecule has 6 nitrogen and oxygen atoms in total. The first-order valence-corrected chi connectivity index (χ1v) is 8.08. The van der Waals surface area contributed by atoms with E-state index >= 15 is 0 Å². The monoisotopic (exact) mass is 302 g/mol. The lowest BCUT2D eigenvalue weighted by molar-refractivity contribution is -0.138. The summed E-state index contributed by atoms with van der Waals surface area (Å²) in [6.07, 6.45) is 5.92. The summed E-state index contributed by atoms with van der Waals surface area (Å²) in [5, 5.41) is 3.37. The Labute approximate surface area is 130 Å². The van der Waals surface area contributed by atoms with E-state index in [-0.39, 0.29) is 11.8 Å². The molecule has 0 saturated carbocycles. The molecule has 1 aliphatic heterocycles. The Morgan fingerprint density at radius 2 is 1.77 bits per heavy atom. The molecule has 2 aliphatic rings. The van der Waals surface area contributed by atoms with Crippen molar-refractivity contribution >= 4 is 17.6 Å². The number of aromatic nitrogens is 2. The fourth-order valence-corrected chi connectivity index (χ4v) is 3.18. The van der Waals surface area contributed by atoms with Crippen LogP contribution in [-0.4, -0.2) is 39.8 Å². The summed E-state index contributed by atoms with van der Waals surface area (Å²) in [6.45, 7) is 3.12. The van der Waals surface area contributed by atoms with Crippen molar-refractivity contribution in [2.45, 2.75) is 51.9 Å². The van der Waals surface area contributed by atoms with Gasteiger partial charge in [-0.1, -0.05) is 0 Å². The third-order valence-corrected chi connectivity index (χ3v) is 4.30. The van der Waals surface area contributed by atoms with Crippen molar-refractivity contribution < 1.29 is 9.59 Å². The number of aryl methyl sites for hydroxylation is 2. The normalized spacial score (nSPS) is 17.8. The number of nitrogens with one attached hydrogen (secondary N) is 1. The number of likely N-dealkylation sites (tertiary alicyclic amines) is 1. The van der Waals surface area contributed by atoms with Crippen LogP contribution < -0.4 is 5.32 Å². The van der Waals surface area contributed by atoms with Crippen LogP contribution in [-0.2, 0) is 22.4 Å². The molecular formula is C16H22N4O2. The molecule has 1 N–H and O–H groups in total. The number of carbonyl (C=O) groups excluding carboxylic acids is 2. The molecular weight excluding hydrogens is 280 g/mol. The average molecular weight is 302 g/mol. The highest BCUT2D eigenvalue weighted by atomic mass is 16.2. The summed E-state index contributed by atoms with van der Waals surface area (Å²) in [5.74, 6) is 1.65. The fraction of sp³-hybridized carbons (Fsp3) is 0.625. The van der Waals surface area contributed by atoms with Gasteiger partial charge in [-0.2, -0.15) is 0 Å². The third-order valence-electron chi connectivity index (χ3n) is 4.30. The molecule has 118 valence electrons. The zero-order valence-electron chi connectivity index (χ0n) is 13.0. The quantitative estimate of drug-likeness (QED) is 0.661. The first kappa shape index (κ1) is 14.9. The minimum absolute atomic E-state index is 0.0414. The van der Waals surface area contributed by atoms with Gasteiger partial charge in [-0.15, -0.1) is 0 Å². The summed E-state index contributed by atoms with van der Waals surface area (Å²) in [4.78, 5) is 33.5. The van der Waals surface area contributed by atoms with Crippen molar-refractivity contribution in [1.82, 2.24) is 14.9 Å². The lowest BCUT2D eigenvalue weighted by Crippen LogP contribution is -2.31. The Kier molecular flexibility index (Phi) is 4.36. The molecule has 0 bridgehead atoms. The SMILES string of the molecule is Cc1nc2c(c(NCCCN3C(=O)CCC3=O)n1)CCCC2. The van der Waals surface area contributed by atoms with Gasteiger partial charge in [0.2, 0.25) is 11.8 Å². The second kappa shape index (κ2) is 6.42. The van der Waals surface area contributed by atoms with Gasteiger partial charge in [-0.3, -0.25) is 14.5 Å². The van der Waals surface area contributed by atoms with E-state index in [9.17, 15) is 9.59 Å². The predicted octanol–water partition coefficient (Wildman–Crippen LogP) is 1.61. The zero-order chi connectivity index (χ0) is 15.5. The maximum Gasteiger partial charge on any atom is 0.229 e. The van der Waals surface area contributed by atoms with Crippen LogP contribution in [0.25, 0.3) is 0 Å². The minimum Gasteiger partial charge on any atom is -0.370 e. The molecule has 2 amide bonds. The lowest BCUT2D eigenvalue weighted by Gasteiger charge is -2.19. The number of rotatable bonds is 5. The summed E-state index contributed by atoms with van der Waals surface area (Å²) in [6, 6.07) is 0. The van der Waals surface area contributed by atoms with Gasteiger partial charge in [0, 0.05) is 37.2 Å². The van der Waals surface area contributed by atoms with Gasteiger partial charge >= 0.3 is 0 Å². The van der Waals surface area contributed by atoms with E-state index in [1.165, 1.54) is 29.0 Å². The number of anilines is 1. The molecule has 22 heavy (non-hydrogen) atoms. The van der Waals surface area contributed by atoms with Gasteiger partial charge in [0.25, 0.3) is 0 Å². The van der Waals surface area contributed by atoms with Crippen LogP contribution in [0.5, 0.6) is 0 Å². The number of hydrogen-bond acceptors (Lipinski definition) is 5. The largest absolute Gasteiger partial charge is 0.370 e. The molecule has 1 saturated heterocycles. The number of carbonyl (C=O) groups is 2. The van der Waals surface area contributed by atoms with Crippen LogP contribution in [0.2, 0.25) is 0 Å². The van der Waals surface area contributed by atoms with Crippen molar-refractivity contribution in [1.29, 1.82) is 0 Å². The van der Waals surface area contributed by atoms with Crippen molar-refractivity contribution in [2.24, 2.45) is 0 Å². The first-order valence-electron chi connectivity index (χ1n) is 8.08. The van der Waals surface area contributed by atoms with Gasteiger partial charge in [0.15, 0.2) is 0 Å². The molecule has 1 fully saturated rings. The van der Waals surface area contributed by atoms with E-state index in [2.05, 4.69) is 15.3 Å². The number of hydrogen-bond donors (Lipinski definition) is 1. The Hall–Kier alpha value is -1.98. The highest BCUT2D eigenvalue weighted by Gasteiger charge is 2.27. The topological polar surface area (TPSA) is 75.2 Å². The molecule has 0 spiro atoms. The van der Waals surface area contributed by atoms with E-state index in [1.807, 2.05) is 6.92 Å². The Morgan fingerprint density at radius 1 is 1.05 bits per heavy atom. The maximum absolute atomic E-state index is 11.5. The number of nitrogens with zero attached hydrogens (tertiary/aromatic N) is 3. The second-order valence-electron chi connectivity index (χ2n) is 5.97. The summed E-state index contributed by atoms with van der Waals surface area (Å²) in [5.41, 5.74) is 2.41. The van der Waals surface area contributed by atoms with E-state index < -0.39 is 0 Å². The number of fused-ring (bicyclic) bond motifs is 1. The van der Waals surface area contributed by atoms with Gasteiger partial charge < -0.3 is 5.32 Å². The molecule has 6 heteroatoms. The Bertz CT molecular complexity index is 584. The molecule has 1 aromatic rings. The van der Waals surface area contributed by atoms with Crippen LogP contribution in [0.15, 0.2) is 0 Å². The lowest BCUT2D eigenvalue weighted by atomic mass is 9.96. The van der Waals surface area contributed by atoms with Gasteiger partial charge in [-0.25, -0.2) is 9.97 Å². The predicted molar refractivity (Wildman–Crippen MR) is 82.5 cm³/mol. The van der Waals surface area contributed by atoms with Crippen LogP contribution in [0.1, 0.15) is 49.2 Å². The van der Waals surface area contributed by atoms with Crippen molar-refractivity contribution in [3.63, 3.8) is 0 Å². The molecule has 0 aromatic carbocycles. The summed E-state index contributed by atoms with van der Waals surface area (Å²) in [7, 11) is 0. The summed E-state index contributed by atoms with van der Waals surface area (Å²) >= 11 is 0. The Morgan fingerprint density at radius 3 is 2.55 bits per heavy atom. The zero-order valence-corrected chi connectivity index (χ0v) is 13.0. The van der Waals surface area contributed by atoms with Crippen LogP contribution >= 0.6 is 0 Å². The highest BCUT2D eigenvalue weighted by molar-refractivity contribution is 6.01. The van der Waals surface area contributed by atoms with Gasteiger partial charge in [0.05, 0.1) is 0 Å². The highest BCUT2D eigenvalue weighted by Crippen LogP contribution is 2.25. The Balaban J connectivity index is 1.57. The smallest absolute Gasteiger partial charge is 0.229 e. The fourth-order valence-electron chi connectivity index (χ4n) is 3.18. The molecule has 3 rings (SSSR count). The summed E-state index contributed by atoms with van der Waals surface area (Å²) < 4.78 is 0. The van der Waals surface area contributed by atoms with E-state index in [4.69, 9.17) is 0 Å². The van der Waals surface area contributed by atoms with Crippen LogP contribution in [0.4, 0.5) is 5.82 Å². The van der Waals surface area contributed by atoms with Crippen molar-refractivity contribution in [2.75, 3.05) is 18.4 Å². The molecule has 1 aromatic heterocycles. The van der Waals surface area contributed by atoms with E-state index in [0.29, 0.717) is 25.9 Å². The van der Waals surface area contributed by atoms with E-state index in [0.717, 1.165) is 30.9 Å². The molecule has 0 radical (unpaired) electrons. The first-order chi connectivity index (χ1) is 10.6. The van der Waals surface area contributed by atoms with Crippen molar-refractivity contribution in [3.8, 4) is 0 Å². The number of amides is 2. The van der Waals surface area contributed by atoms with E-state index in [1.54, 1.807) is 0 Å². The maximum atomic E-state index is 11.5. The molecule has 2 heterocycles. The second-order valence-corrected chi connectivity index (χ2v) is 5.97. The van der Waals surface area contributed by atoms with Crippen molar-refractivity contribution in [3.05, 3.63) is 17.1 Å². The van der Waals surface area contributed by atoms with Crippen LogP contribution in [0, 0.1) is 6.92 Å².